The number of aryl methyl sites for hydroxylation is 1. The highest BCUT2D eigenvalue weighted by Crippen LogP contribution is 2.20. The van der Waals surface area contributed by atoms with E-state index >= 15 is 0 Å². The second-order valence-electron chi connectivity index (χ2n) is 7.51. The highest BCUT2D eigenvalue weighted by atomic mass is 16.2. The average molecular weight is 377 g/mol. The molecule has 146 valence electrons. The fourth-order valence-electron chi connectivity index (χ4n) is 3.38. The molecule has 0 unspecified atom stereocenters. The number of hydrogen-bond donors (Lipinski definition) is 1. The van der Waals surface area contributed by atoms with Crippen LogP contribution in [-0.2, 0) is 0 Å². The predicted molar refractivity (Wildman–Crippen MR) is 111 cm³/mol. The lowest BCUT2D eigenvalue weighted by molar-refractivity contribution is 0.0945. The number of carbonyl (C=O) groups is 1. The van der Waals surface area contributed by atoms with Gasteiger partial charge >= 0.3 is 0 Å². The van der Waals surface area contributed by atoms with E-state index in [1.165, 1.54) is 5.56 Å². The minimum atomic E-state index is -0.0843. The third kappa shape index (κ3) is 4.95. The van der Waals surface area contributed by atoms with Crippen molar-refractivity contribution in [3.8, 4) is 0 Å². The maximum atomic E-state index is 12.3. The number of carbonyl (C=O) groups excluding carboxylic acids is 1. The fourth-order valence-corrected chi connectivity index (χ4v) is 3.38. The van der Waals surface area contributed by atoms with E-state index in [9.17, 15) is 4.79 Å². The smallest absolute Gasteiger partial charge is 0.270 e. The number of anilines is 1. The van der Waals surface area contributed by atoms with Crippen molar-refractivity contribution in [1.82, 2.24) is 20.2 Å². The van der Waals surface area contributed by atoms with Crippen LogP contribution in [0, 0.1) is 6.92 Å². The molecule has 28 heavy (non-hydrogen) atoms. The summed E-state index contributed by atoms with van der Waals surface area (Å²) in [5.74, 6) is 1.42. The lowest BCUT2D eigenvalue weighted by Crippen LogP contribution is -2.46. The Labute approximate surface area is 166 Å². The number of hydrogen-bond acceptors (Lipinski definition) is 5. The summed E-state index contributed by atoms with van der Waals surface area (Å²) in [4.78, 5) is 25.9. The van der Waals surface area contributed by atoms with Gasteiger partial charge in [0.25, 0.3) is 5.91 Å². The molecule has 2 fully saturated rings. The summed E-state index contributed by atoms with van der Waals surface area (Å²) in [5, 5.41) is 3.01. The van der Waals surface area contributed by atoms with Gasteiger partial charge in [0.2, 0.25) is 0 Å². The van der Waals surface area contributed by atoms with Gasteiger partial charge in [0.05, 0.1) is 0 Å². The number of nitrogens with one attached hydrogen (secondary N) is 1. The summed E-state index contributed by atoms with van der Waals surface area (Å²) in [5.41, 5.74) is 1.71. The third-order valence-corrected chi connectivity index (χ3v) is 5.14. The van der Waals surface area contributed by atoms with E-state index in [0.717, 1.165) is 51.4 Å². The molecule has 1 amide bonds. The third-order valence-electron chi connectivity index (χ3n) is 5.14. The van der Waals surface area contributed by atoms with Crippen molar-refractivity contribution in [3.05, 3.63) is 59.6 Å². The zero-order valence-electron chi connectivity index (χ0n) is 16.3. The van der Waals surface area contributed by atoms with Crippen LogP contribution in [0.5, 0.6) is 0 Å². The van der Waals surface area contributed by atoms with Crippen molar-refractivity contribution in [2.45, 2.75) is 25.8 Å². The number of piperazine rings is 1. The van der Waals surface area contributed by atoms with Gasteiger partial charge < -0.3 is 10.2 Å². The molecule has 1 aliphatic carbocycles. The highest BCUT2D eigenvalue weighted by Gasteiger charge is 2.25. The number of amides is 1. The van der Waals surface area contributed by atoms with Gasteiger partial charge in [-0.1, -0.05) is 42.5 Å². The summed E-state index contributed by atoms with van der Waals surface area (Å²) in [6.07, 6.45) is 6.54. The van der Waals surface area contributed by atoms with E-state index in [1.54, 1.807) is 0 Å². The molecular formula is C22H27N5O. The second kappa shape index (κ2) is 8.52. The average Bonchev–Trinajstić information content (AvgIpc) is 3.53. The van der Waals surface area contributed by atoms with Crippen LogP contribution in [0.4, 0.5) is 5.82 Å². The first kappa shape index (κ1) is 18.6. The lowest BCUT2D eigenvalue weighted by atomic mass is 10.2. The molecule has 1 N–H and O–H groups in total. The topological polar surface area (TPSA) is 61.4 Å². The van der Waals surface area contributed by atoms with Crippen LogP contribution in [0.3, 0.4) is 0 Å². The Bertz CT molecular complexity index is 839. The van der Waals surface area contributed by atoms with Crippen LogP contribution >= 0.6 is 0 Å². The Hall–Kier alpha value is -2.73. The van der Waals surface area contributed by atoms with Gasteiger partial charge in [-0.05, 0) is 25.3 Å². The van der Waals surface area contributed by atoms with Crippen LogP contribution in [0.25, 0.3) is 6.08 Å². The fraction of sp³-hybridized carbons (Fsp3) is 0.409. The maximum absolute atomic E-state index is 12.3. The van der Waals surface area contributed by atoms with Gasteiger partial charge in [-0.3, -0.25) is 9.69 Å². The quantitative estimate of drug-likeness (QED) is 0.838. The van der Waals surface area contributed by atoms with E-state index in [-0.39, 0.29) is 5.91 Å². The normalized spacial score (nSPS) is 17.8. The van der Waals surface area contributed by atoms with Crippen molar-refractivity contribution >= 4 is 17.8 Å². The van der Waals surface area contributed by atoms with E-state index in [0.29, 0.717) is 17.6 Å². The molecule has 2 heterocycles. The molecule has 4 rings (SSSR count). The van der Waals surface area contributed by atoms with Crippen LogP contribution < -0.4 is 10.2 Å². The molecule has 2 aliphatic rings. The van der Waals surface area contributed by atoms with Gasteiger partial charge in [0, 0.05) is 44.8 Å². The molecule has 2 aromatic rings. The zero-order chi connectivity index (χ0) is 19.3. The zero-order valence-corrected chi connectivity index (χ0v) is 16.3. The summed E-state index contributed by atoms with van der Waals surface area (Å²) < 4.78 is 0. The number of nitrogens with zero attached hydrogens (tertiary/aromatic N) is 4. The van der Waals surface area contributed by atoms with Crippen LogP contribution in [0.2, 0.25) is 0 Å². The van der Waals surface area contributed by atoms with Crippen LogP contribution in [0.15, 0.2) is 42.5 Å². The standard InChI is InChI=1S/C22H27N5O/c1-17-23-20(22(28)25-19-9-10-19)16-21(24-17)27-14-12-26(13-15-27)11-5-8-18-6-3-2-4-7-18/h2-8,16,19H,9-15H2,1H3,(H,25,28)/b8-5+. The highest BCUT2D eigenvalue weighted by molar-refractivity contribution is 5.93. The molecule has 0 atom stereocenters. The van der Waals surface area contributed by atoms with Crippen molar-refractivity contribution in [3.63, 3.8) is 0 Å². The van der Waals surface area contributed by atoms with Gasteiger partial charge in [0.1, 0.15) is 17.3 Å². The number of benzene rings is 1. The maximum Gasteiger partial charge on any atom is 0.270 e. The molecule has 1 aliphatic heterocycles. The number of aromatic nitrogens is 2. The Balaban J connectivity index is 1.32. The van der Waals surface area contributed by atoms with Gasteiger partial charge in [-0.15, -0.1) is 0 Å². The molecule has 1 saturated heterocycles. The minimum absolute atomic E-state index is 0.0843. The van der Waals surface area contributed by atoms with E-state index in [1.807, 2.05) is 19.1 Å². The van der Waals surface area contributed by atoms with E-state index in [2.05, 4.69) is 61.5 Å². The SMILES string of the molecule is Cc1nc(C(=O)NC2CC2)cc(N2CCN(C/C=C/c3ccccc3)CC2)n1. The molecule has 0 radical (unpaired) electrons. The van der Waals surface area contributed by atoms with Crippen molar-refractivity contribution in [2.24, 2.45) is 0 Å². The van der Waals surface area contributed by atoms with Crippen molar-refractivity contribution in [1.29, 1.82) is 0 Å². The first-order valence-electron chi connectivity index (χ1n) is 10.0. The molecular weight excluding hydrogens is 350 g/mol. The Kier molecular flexibility index (Phi) is 5.67. The Morgan fingerprint density at radius 3 is 2.61 bits per heavy atom. The van der Waals surface area contributed by atoms with E-state index in [4.69, 9.17) is 0 Å². The Morgan fingerprint density at radius 1 is 1.14 bits per heavy atom. The van der Waals surface area contributed by atoms with Crippen molar-refractivity contribution in [2.75, 3.05) is 37.6 Å². The molecule has 1 aromatic carbocycles. The summed E-state index contributed by atoms with van der Waals surface area (Å²) in [6, 6.07) is 12.5. The van der Waals surface area contributed by atoms with Gasteiger partial charge in [0.15, 0.2) is 0 Å². The molecule has 0 bridgehead atoms. The number of rotatable bonds is 6. The first-order valence-corrected chi connectivity index (χ1v) is 10.0. The van der Waals surface area contributed by atoms with Crippen LogP contribution in [-0.4, -0.2) is 59.5 Å². The predicted octanol–water partition coefficient (Wildman–Crippen LogP) is 2.51. The molecule has 6 nitrogen and oxygen atoms in total. The lowest BCUT2D eigenvalue weighted by Gasteiger charge is -2.35. The molecule has 0 spiro atoms. The van der Waals surface area contributed by atoms with Crippen LogP contribution in [0.1, 0.15) is 34.7 Å². The summed E-state index contributed by atoms with van der Waals surface area (Å²) >= 11 is 0. The molecule has 1 saturated carbocycles. The molecule has 6 heteroatoms. The summed E-state index contributed by atoms with van der Waals surface area (Å²) in [6.45, 7) is 6.55. The first-order chi connectivity index (χ1) is 13.7. The molecule has 1 aromatic heterocycles. The van der Waals surface area contributed by atoms with Gasteiger partial charge in [-0.2, -0.15) is 0 Å². The van der Waals surface area contributed by atoms with Gasteiger partial charge in [-0.25, -0.2) is 9.97 Å². The minimum Gasteiger partial charge on any atom is -0.354 e. The summed E-state index contributed by atoms with van der Waals surface area (Å²) in [7, 11) is 0. The monoisotopic (exact) mass is 377 g/mol. The van der Waals surface area contributed by atoms with Crippen molar-refractivity contribution < 1.29 is 4.79 Å². The second-order valence-corrected chi connectivity index (χ2v) is 7.51. The van der Waals surface area contributed by atoms with E-state index < -0.39 is 0 Å². The largest absolute Gasteiger partial charge is 0.354 e. The Morgan fingerprint density at radius 2 is 1.89 bits per heavy atom.